The fourth-order valence-electron chi connectivity index (χ4n) is 3.84. The molecule has 1 N–H and O–H groups in total. The fraction of sp³-hybridized carbons (Fsp3) is 0.571. The van der Waals surface area contributed by atoms with Gasteiger partial charge in [-0.1, -0.05) is 12.8 Å². The molecule has 11 heteroatoms. The molecule has 10 nitrogen and oxygen atoms in total. The molecule has 176 valence electrons. The molecular weight excluding hydrogens is 434 g/mol. The van der Waals surface area contributed by atoms with E-state index in [1.54, 1.807) is 4.90 Å². The van der Waals surface area contributed by atoms with E-state index >= 15 is 0 Å². The molecule has 2 aromatic rings. The fourth-order valence-corrected chi connectivity index (χ4v) is 4.89. The minimum atomic E-state index is -3.83. The van der Waals surface area contributed by atoms with Crippen molar-refractivity contribution in [2.45, 2.75) is 37.1 Å². The summed E-state index contributed by atoms with van der Waals surface area (Å²) in [6, 6.07) is 4.08. The molecule has 2 heterocycles. The van der Waals surface area contributed by atoms with Crippen LogP contribution >= 0.6 is 0 Å². The van der Waals surface area contributed by atoms with Gasteiger partial charge in [-0.25, -0.2) is 17.9 Å². The number of likely N-dealkylation sites (tertiary alicyclic amines) is 1. The van der Waals surface area contributed by atoms with Crippen molar-refractivity contribution in [2.75, 3.05) is 40.3 Å². The van der Waals surface area contributed by atoms with E-state index in [9.17, 15) is 22.8 Å². The lowest BCUT2D eigenvalue weighted by molar-refractivity contribution is -0.131. The molecule has 1 aliphatic rings. The molecule has 32 heavy (non-hydrogen) atoms. The third-order valence-corrected chi connectivity index (χ3v) is 7.20. The number of aromatic nitrogens is 2. The Labute approximate surface area is 187 Å². The number of rotatable bonds is 7. The van der Waals surface area contributed by atoms with Crippen LogP contribution in [0.2, 0.25) is 0 Å². The van der Waals surface area contributed by atoms with E-state index in [0.717, 1.165) is 30.3 Å². The molecule has 1 fully saturated rings. The minimum absolute atomic E-state index is 0.0649. The van der Waals surface area contributed by atoms with Gasteiger partial charge in [-0.2, -0.15) is 0 Å². The average molecular weight is 466 g/mol. The van der Waals surface area contributed by atoms with Crippen LogP contribution in [0.3, 0.4) is 0 Å². The second-order valence-electron chi connectivity index (χ2n) is 8.41. The van der Waals surface area contributed by atoms with E-state index < -0.39 is 21.3 Å². The number of hydrogen-bond donors (Lipinski definition) is 1. The molecule has 0 spiro atoms. The topological polar surface area (TPSA) is 114 Å². The number of benzene rings is 1. The van der Waals surface area contributed by atoms with Gasteiger partial charge in [0.1, 0.15) is 6.54 Å². The van der Waals surface area contributed by atoms with Gasteiger partial charge in [0, 0.05) is 33.2 Å². The van der Waals surface area contributed by atoms with Crippen LogP contribution in [0.15, 0.2) is 32.7 Å². The normalized spacial score (nSPS) is 15.3. The van der Waals surface area contributed by atoms with Gasteiger partial charge in [-0.15, -0.1) is 0 Å². The van der Waals surface area contributed by atoms with Gasteiger partial charge in [0.05, 0.1) is 15.8 Å². The first kappa shape index (κ1) is 24.1. The summed E-state index contributed by atoms with van der Waals surface area (Å²) >= 11 is 0. The molecule has 1 aliphatic heterocycles. The third kappa shape index (κ3) is 5.28. The maximum absolute atomic E-state index is 13.1. The van der Waals surface area contributed by atoms with Crippen LogP contribution in [-0.4, -0.2) is 73.5 Å². The van der Waals surface area contributed by atoms with Gasteiger partial charge in [0.25, 0.3) is 5.56 Å². The van der Waals surface area contributed by atoms with Crippen LogP contribution in [0.4, 0.5) is 0 Å². The highest BCUT2D eigenvalue weighted by Crippen LogP contribution is 2.15. The molecule has 0 radical (unpaired) electrons. The van der Waals surface area contributed by atoms with E-state index in [-0.39, 0.29) is 29.3 Å². The van der Waals surface area contributed by atoms with E-state index in [1.165, 1.54) is 29.8 Å². The highest BCUT2D eigenvalue weighted by molar-refractivity contribution is 7.89. The summed E-state index contributed by atoms with van der Waals surface area (Å²) in [5.74, 6) is -0.278. The lowest BCUT2D eigenvalue weighted by atomic mass is 10.2. The highest BCUT2D eigenvalue weighted by atomic mass is 32.2. The first-order chi connectivity index (χ1) is 15.1. The second-order valence-corrected chi connectivity index (χ2v) is 10.2. The molecule has 3 rings (SSSR count). The van der Waals surface area contributed by atoms with E-state index in [2.05, 4.69) is 4.72 Å². The van der Waals surface area contributed by atoms with E-state index in [0.29, 0.717) is 25.2 Å². The molecular formula is C21H31N5O5S. The number of sulfonamides is 1. The predicted molar refractivity (Wildman–Crippen MR) is 122 cm³/mol. The van der Waals surface area contributed by atoms with Crippen molar-refractivity contribution in [2.24, 2.45) is 7.05 Å². The smallest absolute Gasteiger partial charge is 0.331 e. The molecule has 1 amide bonds. The lowest BCUT2D eigenvalue weighted by Crippen LogP contribution is -2.44. The Hall–Kier alpha value is -2.50. The highest BCUT2D eigenvalue weighted by Gasteiger charge is 2.21. The summed E-state index contributed by atoms with van der Waals surface area (Å²) in [6.07, 6.45) is 3.92. The number of nitrogens with zero attached hydrogens (tertiary/aromatic N) is 4. The monoisotopic (exact) mass is 465 g/mol. The Morgan fingerprint density at radius 2 is 1.75 bits per heavy atom. The van der Waals surface area contributed by atoms with Crippen molar-refractivity contribution in [3.63, 3.8) is 0 Å². The number of aryl methyl sites for hydroxylation is 1. The summed E-state index contributed by atoms with van der Waals surface area (Å²) in [7, 11) is 1.34. The Kier molecular flexibility index (Phi) is 7.52. The van der Waals surface area contributed by atoms with Crippen LogP contribution in [0, 0.1) is 0 Å². The van der Waals surface area contributed by atoms with Gasteiger partial charge >= 0.3 is 5.69 Å². The van der Waals surface area contributed by atoms with E-state index in [4.69, 9.17) is 0 Å². The van der Waals surface area contributed by atoms with Gasteiger partial charge in [0.2, 0.25) is 15.9 Å². The molecule has 0 bridgehead atoms. The number of hydrogen-bond acceptors (Lipinski definition) is 6. The minimum Gasteiger partial charge on any atom is -0.341 e. The zero-order chi connectivity index (χ0) is 23.5. The first-order valence-corrected chi connectivity index (χ1v) is 12.3. The molecule has 0 aliphatic carbocycles. The van der Waals surface area contributed by atoms with Crippen molar-refractivity contribution >= 4 is 26.8 Å². The van der Waals surface area contributed by atoms with Crippen LogP contribution in [0.25, 0.3) is 10.9 Å². The summed E-state index contributed by atoms with van der Waals surface area (Å²) in [5, 5.41) is 0.0752. The maximum Gasteiger partial charge on any atom is 0.331 e. The zero-order valence-electron chi connectivity index (χ0n) is 18.8. The Balaban J connectivity index is 1.97. The quantitative estimate of drug-likeness (QED) is 0.613. The summed E-state index contributed by atoms with van der Waals surface area (Å²) < 4.78 is 30.0. The Morgan fingerprint density at radius 3 is 2.38 bits per heavy atom. The molecule has 0 unspecified atom stereocenters. The number of carbonyl (C=O) groups excluding carboxylic acids is 1. The second kappa shape index (κ2) is 9.97. The van der Waals surface area contributed by atoms with Gasteiger partial charge in [-0.05, 0) is 45.1 Å². The molecule has 0 atom stereocenters. The number of fused-ring (bicyclic) bond motifs is 1. The summed E-state index contributed by atoms with van der Waals surface area (Å²) in [4.78, 5) is 42.2. The third-order valence-electron chi connectivity index (χ3n) is 5.74. The van der Waals surface area contributed by atoms with Crippen molar-refractivity contribution in [3.05, 3.63) is 39.0 Å². The van der Waals surface area contributed by atoms with Gasteiger partial charge in [0.15, 0.2) is 0 Å². The maximum atomic E-state index is 13.1. The van der Waals surface area contributed by atoms with Crippen molar-refractivity contribution in [1.82, 2.24) is 23.7 Å². The number of amides is 1. The zero-order valence-corrected chi connectivity index (χ0v) is 19.7. The lowest BCUT2D eigenvalue weighted by Gasteiger charge is -2.21. The molecule has 1 aromatic heterocycles. The molecule has 1 saturated heterocycles. The van der Waals surface area contributed by atoms with Crippen molar-refractivity contribution < 1.29 is 13.2 Å². The summed E-state index contributed by atoms with van der Waals surface area (Å²) in [6.45, 7) is 1.60. The number of likely N-dealkylation sites (N-methyl/N-ethyl adjacent to an activating group) is 1. The number of carbonyl (C=O) groups is 1. The van der Waals surface area contributed by atoms with Gasteiger partial charge in [-0.3, -0.25) is 18.7 Å². The Morgan fingerprint density at radius 1 is 1.09 bits per heavy atom. The average Bonchev–Trinajstić information content (AvgIpc) is 3.04. The Bertz CT molecular complexity index is 1210. The van der Waals surface area contributed by atoms with Crippen LogP contribution < -0.4 is 16.0 Å². The predicted octanol–water partition coefficient (Wildman–Crippen LogP) is -0.0573. The van der Waals surface area contributed by atoms with Crippen molar-refractivity contribution in [1.29, 1.82) is 0 Å². The van der Waals surface area contributed by atoms with Crippen LogP contribution in [-0.2, 0) is 28.4 Å². The SMILES string of the molecule is CN(C)CCNS(=O)(=O)c1ccc2c(c1)c(=O)n(CC(=O)N1CCCCCC1)c(=O)n2C. The van der Waals surface area contributed by atoms with Gasteiger partial charge < -0.3 is 9.80 Å². The molecule has 0 saturated carbocycles. The number of nitrogens with one attached hydrogen (secondary N) is 1. The largest absolute Gasteiger partial charge is 0.341 e. The summed E-state index contributed by atoms with van der Waals surface area (Å²) in [5.41, 5.74) is -0.965. The van der Waals surface area contributed by atoms with E-state index in [1.807, 2.05) is 19.0 Å². The van der Waals surface area contributed by atoms with Crippen molar-refractivity contribution in [3.8, 4) is 0 Å². The van der Waals surface area contributed by atoms with Crippen LogP contribution in [0.1, 0.15) is 25.7 Å². The first-order valence-electron chi connectivity index (χ1n) is 10.8. The van der Waals surface area contributed by atoms with Crippen LogP contribution in [0.5, 0.6) is 0 Å². The standard InChI is InChI=1S/C21H31N5O5S/c1-23(2)13-10-22-32(30,31)16-8-9-18-17(14-16)20(28)26(21(29)24(18)3)15-19(27)25-11-6-4-5-7-12-25/h8-9,14,22H,4-7,10-13,15H2,1-3H3. The molecule has 1 aromatic carbocycles.